The summed E-state index contributed by atoms with van der Waals surface area (Å²) in [5, 5.41) is 0. The standard InChI is InChI=1S/C27H44O2/c1-4-7-8-9-10-11-12-13-14-15-24-29-27-21-18-25(19-22-27)17-20-26(16-5-2)28-23-6-3/h16-22H,4-15,23-24H2,1-3H3/b20-17+,26-16-. The van der Waals surface area contributed by atoms with Crippen molar-refractivity contribution >= 4 is 6.08 Å². The molecule has 1 aromatic rings. The van der Waals surface area contributed by atoms with Gasteiger partial charge in [-0.2, -0.15) is 0 Å². The summed E-state index contributed by atoms with van der Waals surface area (Å²) in [6, 6.07) is 8.33. The Balaban J connectivity index is 2.16. The van der Waals surface area contributed by atoms with Crippen molar-refractivity contribution in [2.45, 2.75) is 97.8 Å². The van der Waals surface area contributed by atoms with E-state index in [1.165, 1.54) is 63.4 Å². The SMILES string of the molecule is CC/C=C(/C=C/c1ccc(OCCCCCCCCCCCC)cc1)OCCC. The topological polar surface area (TPSA) is 18.5 Å². The van der Waals surface area contributed by atoms with Gasteiger partial charge in [-0.05, 0) is 49.1 Å². The first kappa shape index (κ1) is 25.3. The van der Waals surface area contributed by atoms with Crippen molar-refractivity contribution in [3.05, 3.63) is 47.7 Å². The van der Waals surface area contributed by atoms with Crippen molar-refractivity contribution in [3.8, 4) is 5.75 Å². The monoisotopic (exact) mass is 400 g/mol. The lowest BCUT2D eigenvalue weighted by atomic mass is 10.1. The number of hydrogen-bond donors (Lipinski definition) is 0. The van der Waals surface area contributed by atoms with E-state index in [1.54, 1.807) is 0 Å². The minimum atomic E-state index is 0.766. The molecule has 0 amide bonds. The Morgan fingerprint density at radius 3 is 1.93 bits per heavy atom. The molecule has 29 heavy (non-hydrogen) atoms. The number of allylic oxidation sites excluding steroid dienone is 2. The zero-order valence-corrected chi connectivity index (χ0v) is 19.3. The molecule has 0 heterocycles. The van der Waals surface area contributed by atoms with Gasteiger partial charge in [0.15, 0.2) is 0 Å². The molecule has 0 saturated heterocycles. The van der Waals surface area contributed by atoms with Crippen LogP contribution in [0.3, 0.4) is 0 Å². The van der Waals surface area contributed by atoms with Crippen LogP contribution in [0.4, 0.5) is 0 Å². The summed E-state index contributed by atoms with van der Waals surface area (Å²) in [5.41, 5.74) is 1.17. The van der Waals surface area contributed by atoms with Gasteiger partial charge >= 0.3 is 0 Å². The van der Waals surface area contributed by atoms with Gasteiger partial charge in [0.1, 0.15) is 11.5 Å². The zero-order valence-electron chi connectivity index (χ0n) is 19.3. The quantitative estimate of drug-likeness (QED) is 0.139. The van der Waals surface area contributed by atoms with E-state index in [0.717, 1.165) is 44.0 Å². The van der Waals surface area contributed by atoms with Crippen molar-refractivity contribution in [2.75, 3.05) is 13.2 Å². The third kappa shape index (κ3) is 14.0. The largest absolute Gasteiger partial charge is 0.494 e. The third-order valence-electron chi connectivity index (χ3n) is 4.96. The highest BCUT2D eigenvalue weighted by atomic mass is 16.5. The first-order chi connectivity index (χ1) is 14.3. The molecule has 1 rings (SSSR count). The van der Waals surface area contributed by atoms with Crippen molar-refractivity contribution in [3.63, 3.8) is 0 Å². The van der Waals surface area contributed by atoms with Gasteiger partial charge in [-0.15, -0.1) is 0 Å². The lowest BCUT2D eigenvalue weighted by Gasteiger charge is -2.07. The summed E-state index contributed by atoms with van der Waals surface area (Å²) in [5.74, 6) is 1.92. The molecule has 0 aromatic heterocycles. The summed E-state index contributed by atoms with van der Waals surface area (Å²) in [4.78, 5) is 0. The maximum absolute atomic E-state index is 5.89. The maximum Gasteiger partial charge on any atom is 0.119 e. The number of benzene rings is 1. The van der Waals surface area contributed by atoms with Crippen molar-refractivity contribution in [2.24, 2.45) is 0 Å². The second-order valence-corrected chi connectivity index (χ2v) is 7.80. The fourth-order valence-corrected chi connectivity index (χ4v) is 3.23. The lowest BCUT2D eigenvalue weighted by molar-refractivity contribution is 0.224. The number of unbranched alkanes of at least 4 members (excludes halogenated alkanes) is 9. The van der Waals surface area contributed by atoms with E-state index in [4.69, 9.17) is 9.47 Å². The molecular weight excluding hydrogens is 356 g/mol. The van der Waals surface area contributed by atoms with Gasteiger partial charge in [-0.3, -0.25) is 0 Å². The van der Waals surface area contributed by atoms with Gasteiger partial charge in [-0.25, -0.2) is 0 Å². The molecule has 0 bridgehead atoms. The van der Waals surface area contributed by atoms with Crippen LogP contribution in [0.15, 0.2) is 42.2 Å². The molecule has 0 N–H and O–H groups in total. The van der Waals surface area contributed by atoms with Crippen LogP contribution in [0.5, 0.6) is 5.75 Å². The van der Waals surface area contributed by atoms with Gasteiger partial charge in [0.05, 0.1) is 13.2 Å². The van der Waals surface area contributed by atoms with E-state index in [0.29, 0.717) is 0 Å². The lowest BCUT2D eigenvalue weighted by Crippen LogP contribution is -1.97. The molecule has 2 nitrogen and oxygen atoms in total. The Kier molecular flexibility index (Phi) is 16.0. The second-order valence-electron chi connectivity index (χ2n) is 7.80. The first-order valence-electron chi connectivity index (χ1n) is 12.0. The van der Waals surface area contributed by atoms with Crippen LogP contribution in [-0.4, -0.2) is 13.2 Å². The highest BCUT2D eigenvalue weighted by Gasteiger charge is 1.97. The summed E-state index contributed by atoms with van der Waals surface area (Å²) in [6.07, 6.45) is 21.8. The van der Waals surface area contributed by atoms with Crippen molar-refractivity contribution in [1.29, 1.82) is 0 Å². The molecule has 0 saturated carbocycles. The van der Waals surface area contributed by atoms with Crippen LogP contribution in [0.25, 0.3) is 6.08 Å². The Bertz CT molecular complexity index is 542. The predicted molar refractivity (Wildman–Crippen MR) is 127 cm³/mol. The molecular formula is C27H44O2. The smallest absolute Gasteiger partial charge is 0.119 e. The minimum Gasteiger partial charge on any atom is -0.494 e. The van der Waals surface area contributed by atoms with E-state index in [-0.39, 0.29) is 0 Å². The van der Waals surface area contributed by atoms with E-state index < -0.39 is 0 Å². The summed E-state index contributed by atoms with van der Waals surface area (Å²) >= 11 is 0. The Morgan fingerprint density at radius 2 is 1.34 bits per heavy atom. The molecule has 0 aliphatic heterocycles. The third-order valence-corrected chi connectivity index (χ3v) is 4.96. The molecule has 0 aliphatic carbocycles. The fraction of sp³-hybridized carbons (Fsp3) is 0.630. The molecule has 0 fully saturated rings. The highest BCUT2D eigenvalue weighted by Crippen LogP contribution is 2.16. The molecule has 0 unspecified atom stereocenters. The molecule has 2 heteroatoms. The van der Waals surface area contributed by atoms with Gasteiger partial charge in [0.25, 0.3) is 0 Å². The van der Waals surface area contributed by atoms with Gasteiger partial charge in [-0.1, -0.05) is 96.8 Å². The fourth-order valence-electron chi connectivity index (χ4n) is 3.23. The Morgan fingerprint density at radius 1 is 0.724 bits per heavy atom. The van der Waals surface area contributed by atoms with E-state index in [9.17, 15) is 0 Å². The molecule has 0 atom stereocenters. The number of hydrogen-bond acceptors (Lipinski definition) is 2. The molecule has 164 valence electrons. The van der Waals surface area contributed by atoms with Gasteiger partial charge in [0, 0.05) is 0 Å². The highest BCUT2D eigenvalue weighted by molar-refractivity contribution is 5.53. The van der Waals surface area contributed by atoms with Crippen LogP contribution >= 0.6 is 0 Å². The summed E-state index contributed by atoms with van der Waals surface area (Å²) in [7, 11) is 0. The number of ether oxygens (including phenoxy) is 2. The molecule has 0 spiro atoms. The normalized spacial score (nSPS) is 11.9. The summed E-state index contributed by atoms with van der Waals surface area (Å²) < 4.78 is 11.6. The average molecular weight is 401 g/mol. The molecule has 0 radical (unpaired) electrons. The first-order valence-corrected chi connectivity index (χ1v) is 12.0. The Labute approximate surface area is 180 Å². The van der Waals surface area contributed by atoms with Crippen LogP contribution in [0.1, 0.15) is 103 Å². The average Bonchev–Trinajstić information content (AvgIpc) is 2.75. The zero-order chi connectivity index (χ0) is 21.0. The van der Waals surface area contributed by atoms with Gasteiger partial charge in [0.2, 0.25) is 0 Å². The van der Waals surface area contributed by atoms with Gasteiger partial charge < -0.3 is 9.47 Å². The molecule has 1 aromatic carbocycles. The summed E-state index contributed by atoms with van der Waals surface area (Å²) in [6.45, 7) is 8.12. The van der Waals surface area contributed by atoms with E-state index in [1.807, 2.05) is 0 Å². The number of rotatable bonds is 18. The van der Waals surface area contributed by atoms with Crippen LogP contribution < -0.4 is 4.74 Å². The van der Waals surface area contributed by atoms with E-state index >= 15 is 0 Å². The maximum atomic E-state index is 5.89. The second kappa shape index (κ2) is 18.3. The Hall–Kier alpha value is -1.70. The predicted octanol–water partition coefficient (Wildman–Crippen LogP) is 8.72. The molecule has 0 aliphatic rings. The van der Waals surface area contributed by atoms with E-state index in [2.05, 4.69) is 63.3 Å². The van der Waals surface area contributed by atoms with Crippen molar-refractivity contribution < 1.29 is 9.47 Å². The minimum absolute atomic E-state index is 0.766. The van der Waals surface area contributed by atoms with Crippen LogP contribution in [-0.2, 0) is 4.74 Å². The van der Waals surface area contributed by atoms with Crippen LogP contribution in [0.2, 0.25) is 0 Å². The van der Waals surface area contributed by atoms with Crippen molar-refractivity contribution in [1.82, 2.24) is 0 Å². The van der Waals surface area contributed by atoms with Crippen LogP contribution in [0, 0.1) is 0 Å².